The highest BCUT2D eigenvalue weighted by molar-refractivity contribution is 7.09. The zero-order valence-corrected chi connectivity index (χ0v) is 11.6. The standard InChI is InChI=1S/C13H17N3O2S/c17-9-15-3-5-16(6-4-15)13(18)10-1-2-11-12(7-10)19-8-14-11/h8-10H,1-7H2. The zero-order valence-electron chi connectivity index (χ0n) is 10.7. The molecule has 1 fully saturated rings. The molecule has 2 aliphatic rings. The van der Waals surface area contributed by atoms with Crippen LogP contribution in [-0.2, 0) is 22.4 Å². The van der Waals surface area contributed by atoms with Gasteiger partial charge in [0.1, 0.15) is 0 Å². The van der Waals surface area contributed by atoms with Gasteiger partial charge in [-0.1, -0.05) is 0 Å². The van der Waals surface area contributed by atoms with Crippen LogP contribution in [0.2, 0.25) is 0 Å². The van der Waals surface area contributed by atoms with Crippen LogP contribution in [0.15, 0.2) is 5.51 Å². The van der Waals surface area contributed by atoms with Crippen molar-refractivity contribution in [2.24, 2.45) is 5.92 Å². The van der Waals surface area contributed by atoms with Crippen molar-refractivity contribution < 1.29 is 9.59 Å². The van der Waals surface area contributed by atoms with Gasteiger partial charge in [-0.2, -0.15) is 0 Å². The van der Waals surface area contributed by atoms with Gasteiger partial charge in [-0.3, -0.25) is 9.59 Å². The molecule has 102 valence electrons. The Bertz CT molecular complexity index is 480. The highest BCUT2D eigenvalue weighted by atomic mass is 32.1. The van der Waals surface area contributed by atoms with Crippen molar-refractivity contribution in [3.8, 4) is 0 Å². The molecule has 1 aromatic rings. The Morgan fingerprint density at radius 1 is 1.37 bits per heavy atom. The van der Waals surface area contributed by atoms with Gasteiger partial charge in [0.25, 0.3) is 0 Å². The second kappa shape index (κ2) is 5.28. The molecule has 1 saturated heterocycles. The monoisotopic (exact) mass is 279 g/mol. The maximum Gasteiger partial charge on any atom is 0.226 e. The molecule has 1 atom stereocenters. The van der Waals surface area contributed by atoms with E-state index in [1.165, 1.54) is 10.6 Å². The van der Waals surface area contributed by atoms with E-state index in [0.29, 0.717) is 26.2 Å². The van der Waals surface area contributed by atoms with Crippen LogP contribution >= 0.6 is 11.3 Å². The Hall–Kier alpha value is -1.43. The Kier molecular flexibility index (Phi) is 3.50. The van der Waals surface area contributed by atoms with E-state index >= 15 is 0 Å². The molecule has 2 heterocycles. The molecule has 3 rings (SSSR count). The quantitative estimate of drug-likeness (QED) is 0.743. The van der Waals surface area contributed by atoms with Crippen LogP contribution in [0.25, 0.3) is 0 Å². The van der Waals surface area contributed by atoms with Crippen molar-refractivity contribution in [2.75, 3.05) is 26.2 Å². The van der Waals surface area contributed by atoms with Gasteiger partial charge in [0.15, 0.2) is 0 Å². The van der Waals surface area contributed by atoms with Crippen molar-refractivity contribution >= 4 is 23.7 Å². The minimum atomic E-state index is 0.107. The molecule has 0 N–H and O–H groups in total. The SMILES string of the molecule is O=CN1CCN(C(=O)C2CCc3ncsc3C2)CC1. The first-order valence-corrected chi connectivity index (χ1v) is 7.55. The molecule has 19 heavy (non-hydrogen) atoms. The minimum Gasteiger partial charge on any atom is -0.342 e. The number of piperazine rings is 1. The molecule has 0 aromatic carbocycles. The average molecular weight is 279 g/mol. The molecule has 1 unspecified atom stereocenters. The number of aryl methyl sites for hydroxylation is 1. The van der Waals surface area contributed by atoms with Gasteiger partial charge in [-0.15, -0.1) is 11.3 Å². The third-order valence-electron chi connectivity index (χ3n) is 4.01. The van der Waals surface area contributed by atoms with E-state index in [2.05, 4.69) is 4.98 Å². The van der Waals surface area contributed by atoms with Crippen LogP contribution in [0.5, 0.6) is 0 Å². The molecular formula is C13H17N3O2S. The summed E-state index contributed by atoms with van der Waals surface area (Å²) in [5, 5.41) is 0. The molecule has 0 radical (unpaired) electrons. The second-order valence-corrected chi connectivity index (χ2v) is 6.07. The first kappa shape index (κ1) is 12.6. The summed E-state index contributed by atoms with van der Waals surface area (Å²) < 4.78 is 0. The lowest BCUT2D eigenvalue weighted by atomic mass is 9.90. The van der Waals surface area contributed by atoms with E-state index in [1.54, 1.807) is 16.2 Å². The Labute approximate surface area is 116 Å². The van der Waals surface area contributed by atoms with Crippen LogP contribution < -0.4 is 0 Å². The molecular weight excluding hydrogens is 262 g/mol. The predicted molar refractivity (Wildman–Crippen MR) is 71.8 cm³/mol. The van der Waals surface area contributed by atoms with E-state index in [4.69, 9.17) is 0 Å². The lowest BCUT2D eigenvalue weighted by molar-refractivity contribution is -0.139. The summed E-state index contributed by atoms with van der Waals surface area (Å²) >= 11 is 1.66. The fourth-order valence-electron chi connectivity index (χ4n) is 2.82. The van der Waals surface area contributed by atoms with Gasteiger partial charge < -0.3 is 9.80 Å². The Morgan fingerprint density at radius 3 is 2.89 bits per heavy atom. The highest BCUT2D eigenvalue weighted by Crippen LogP contribution is 2.29. The molecule has 0 bridgehead atoms. The van der Waals surface area contributed by atoms with E-state index in [9.17, 15) is 9.59 Å². The fraction of sp³-hybridized carbons (Fsp3) is 0.615. The summed E-state index contributed by atoms with van der Waals surface area (Å²) in [5.74, 6) is 0.361. The van der Waals surface area contributed by atoms with E-state index < -0.39 is 0 Å². The maximum atomic E-state index is 12.5. The first-order valence-electron chi connectivity index (χ1n) is 6.67. The Balaban J connectivity index is 1.61. The second-order valence-electron chi connectivity index (χ2n) is 5.13. The first-order chi connectivity index (χ1) is 9.28. The van der Waals surface area contributed by atoms with E-state index in [0.717, 1.165) is 25.7 Å². The van der Waals surface area contributed by atoms with Gasteiger partial charge in [-0.05, 0) is 19.3 Å². The number of nitrogens with zero attached hydrogens (tertiary/aromatic N) is 3. The lowest BCUT2D eigenvalue weighted by Crippen LogP contribution is -2.50. The topological polar surface area (TPSA) is 53.5 Å². The summed E-state index contributed by atoms with van der Waals surface area (Å²) in [5.41, 5.74) is 3.06. The molecule has 0 spiro atoms. The predicted octanol–water partition coefficient (Wildman–Crippen LogP) is 0.549. The van der Waals surface area contributed by atoms with Crippen molar-refractivity contribution in [1.82, 2.24) is 14.8 Å². The molecule has 1 aliphatic carbocycles. The number of hydrogen-bond donors (Lipinski definition) is 0. The summed E-state index contributed by atoms with van der Waals surface area (Å²) in [4.78, 5) is 32.4. The largest absolute Gasteiger partial charge is 0.342 e. The number of thiazole rings is 1. The van der Waals surface area contributed by atoms with Crippen molar-refractivity contribution in [3.63, 3.8) is 0 Å². The lowest BCUT2D eigenvalue weighted by Gasteiger charge is -2.35. The van der Waals surface area contributed by atoms with E-state index in [-0.39, 0.29) is 11.8 Å². The summed E-state index contributed by atoms with van der Waals surface area (Å²) in [6.45, 7) is 2.66. The van der Waals surface area contributed by atoms with Gasteiger partial charge in [0.2, 0.25) is 12.3 Å². The number of rotatable bonds is 2. The number of carbonyl (C=O) groups is 2. The van der Waals surface area contributed by atoms with Crippen molar-refractivity contribution in [2.45, 2.75) is 19.3 Å². The Morgan fingerprint density at radius 2 is 2.16 bits per heavy atom. The van der Waals surface area contributed by atoms with E-state index in [1.807, 2.05) is 10.4 Å². The molecule has 2 amide bonds. The third kappa shape index (κ3) is 2.49. The summed E-state index contributed by atoms with van der Waals surface area (Å²) in [6.07, 6.45) is 3.53. The van der Waals surface area contributed by atoms with Crippen molar-refractivity contribution in [3.05, 3.63) is 16.1 Å². The number of hydrogen-bond acceptors (Lipinski definition) is 4. The molecule has 5 nitrogen and oxygen atoms in total. The van der Waals surface area contributed by atoms with Gasteiger partial charge in [0, 0.05) is 37.0 Å². The van der Waals surface area contributed by atoms with Crippen LogP contribution in [0.1, 0.15) is 17.0 Å². The number of fused-ring (bicyclic) bond motifs is 1. The van der Waals surface area contributed by atoms with Crippen LogP contribution in [0.4, 0.5) is 0 Å². The number of carbonyl (C=O) groups excluding carboxylic acids is 2. The van der Waals surface area contributed by atoms with Crippen LogP contribution in [0, 0.1) is 5.92 Å². The summed E-state index contributed by atoms with van der Waals surface area (Å²) in [6, 6.07) is 0. The smallest absolute Gasteiger partial charge is 0.226 e. The molecule has 6 heteroatoms. The van der Waals surface area contributed by atoms with Gasteiger partial charge in [0.05, 0.1) is 11.2 Å². The van der Waals surface area contributed by atoms with Gasteiger partial charge >= 0.3 is 0 Å². The molecule has 1 aliphatic heterocycles. The number of aromatic nitrogens is 1. The van der Waals surface area contributed by atoms with Crippen molar-refractivity contribution in [1.29, 1.82) is 0 Å². The third-order valence-corrected chi connectivity index (χ3v) is 4.91. The number of amides is 2. The highest BCUT2D eigenvalue weighted by Gasteiger charge is 2.30. The fourth-order valence-corrected chi connectivity index (χ4v) is 3.71. The average Bonchev–Trinajstić information content (AvgIpc) is 2.94. The van der Waals surface area contributed by atoms with Crippen LogP contribution in [0.3, 0.4) is 0 Å². The molecule has 1 aromatic heterocycles. The zero-order chi connectivity index (χ0) is 13.2. The minimum absolute atomic E-state index is 0.107. The van der Waals surface area contributed by atoms with Gasteiger partial charge in [-0.25, -0.2) is 4.98 Å². The van der Waals surface area contributed by atoms with Crippen LogP contribution in [-0.4, -0.2) is 53.3 Å². The molecule has 0 saturated carbocycles. The normalized spacial score (nSPS) is 23.1. The maximum absolute atomic E-state index is 12.5. The summed E-state index contributed by atoms with van der Waals surface area (Å²) in [7, 11) is 0.